The van der Waals surface area contributed by atoms with Crippen molar-refractivity contribution in [1.82, 2.24) is 5.32 Å². The fourth-order valence-electron chi connectivity index (χ4n) is 2.66. The molecule has 16 heavy (non-hydrogen) atoms. The molecule has 2 unspecified atom stereocenters. The lowest BCUT2D eigenvalue weighted by Crippen LogP contribution is -2.49. The van der Waals surface area contributed by atoms with E-state index in [0.29, 0.717) is 24.1 Å². The number of aliphatic hydroxyl groups is 1. The maximum Gasteiger partial charge on any atom is 0.0446 e. The van der Waals surface area contributed by atoms with Gasteiger partial charge in [0.2, 0.25) is 0 Å². The molecule has 96 valence electrons. The first-order chi connectivity index (χ1) is 7.60. The molecule has 0 aliphatic heterocycles. The van der Waals surface area contributed by atoms with Gasteiger partial charge in [-0.05, 0) is 30.9 Å². The Hall–Kier alpha value is 0.270. The quantitative estimate of drug-likeness (QED) is 0.754. The third-order valence-electron chi connectivity index (χ3n) is 3.79. The Balaban J connectivity index is 2.47. The number of hydrogen-bond acceptors (Lipinski definition) is 3. The molecule has 1 aliphatic rings. The second-order valence-corrected chi connectivity index (χ2v) is 6.53. The van der Waals surface area contributed by atoms with Gasteiger partial charge in [-0.15, -0.1) is 0 Å². The van der Waals surface area contributed by atoms with Crippen LogP contribution in [0.25, 0.3) is 0 Å². The zero-order valence-electron chi connectivity index (χ0n) is 11.0. The van der Waals surface area contributed by atoms with Gasteiger partial charge in [0.25, 0.3) is 0 Å². The van der Waals surface area contributed by atoms with Crippen LogP contribution in [0.1, 0.15) is 46.0 Å². The first kappa shape index (κ1) is 14.3. The molecule has 0 spiro atoms. The Morgan fingerprint density at radius 2 is 2.19 bits per heavy atom. The Bertz CT molecular complexity index is 190. The van der Waals surface area contributed by atoms with E-state index in [-0.39, 0.29) is 0 Å². The fourth-order valence-corrected chi connectivity index (χ4v) is 3.32. The Kier molecular flexibility index (Phi) is 6.16. The van der Waals surface area contributed by atoms with Crippen LogP contribution in [-0.2, 0) is 0 Å². The van der Waals surface area contributed by atoms with Gasteiger partial charge in [-0.2, -0.15) is 11.8 Å². The summed E-state index contributed by atoms with van der Waals surface area (Å²) in [5, 5.41) is 12.8. The van der Waals surface area contributed by atoms with Gasteiger partial charge >= 0.3 is 0 Å². The minimum absolute atomic E-state index is 0.297. The average molecular weight is 245 g/mol. The van der Waals surface area contributed by atoms with E-state index in [4.69, 9.17) is 5.11 Å². The van der Waals surface area contributed by atoms with Crippen LogP contribution in [0.2, 0.25) is 0 Å². The van der Waals surface area contributed by atoms with Gasteiger partial charge in [-0.1, -0.05) is 26.7 Å². The van der Waals surface area contributed by atoms with Crippen molar-refractivity contribution in [1.29, 1.82) is 0 Å². The molecule has 0 radical (unpaired) electrons. The minimum Gasteiger partial charge on any atom is -0.396 e. The third-order valence-corrected chi connectivity index (χ3v) is 4.53. The van der Waals surface area contributed by atoms with E-state index in [9.17, 15) is 0 Å². The highest BCUT2D eigenvalue weighted by Crippen LogP contribution is 2.35. The van der Waals surface area contributed by atoms with Gasteiger partial charge in [0.05, 0.1) is 0 Å². The largest absolute Gasteiger partial charge is 0.396 e. The average Bonchev–Trinajstić information content (AvgIpc) is 2.22. The Morgan fingerprint density at radius 1 is 1.44 bits per heavy atom. The minimum atomic E-state index is 0.297. The first-order valence-electron chi connectivity index (χ1n) is 6.46. The SMILES string of the molecule is CSCC(CCO)NC1CCCCC1(C)C. The van der Waals surface area contributed by atoms with E-state index in [1.165, 1.54) is 25.7 Å². The molecule has 0 heterocycles. The van der Waals surface area contributed by atoms with Gasteiger partial charge in [-0.25, -0.2) is 0 Å². The molecule has 2 N–H and O–H groups in total. The third kappa shape index (κ3) is 4.27. The summed E-state index contributed by atoms with van der Waals surface area (Å²) in [7, 11) is 0. The molecular weight excluding hydrogens is 218 g/mol. The molecule has 2 nitrogen and oxygen atoms in total. The van der Waals surface area contributed by atoms with Crippen LogP contribution in [0.3, 0.4) is 0 Å². The van der Waals surface area contributed by atoms with Crippen LogP contribution in [0, 0.1) is 5.41 Å². The predicted octanol–water partition coefficient (Wildman–Crippen LogP) is 2.66. The monoisotopic (exact) mass is 245 g/mol. The smallest absolute Gasteiger partial charge is 0.0446 e. The standard InChI is InChI=1S/C13H27NOS/c1-13(2)8-5-4-6-12(13)14-11(7-9-15)10-16-3/h11-12,14-15H,4-10H2,1-3H3. The Labute approximate surface area is 105 Å². The van der Waals surface area contributed by atoms with Gasteiger partial charge < -0.3 is 10.4 Å². The van der Waals surface area contributed by atoms with E-state index in [0.717, 1.165) is 12.2 Å². The first-order valence-corrected chi connectivity index (χ1v) is 7.85. The van der Waals surface area contributed by atoms with Crippen LogP contribution in [0.4, 0.5) is 0 Å². The number of thioether (sulfide) groups is 1. The zero-order valence-corrected chi connectivity index (χ0v) is 11.8. The van der Waals surface area contributed by atoms with E-state index in [1.807, 2.05) is 11.8 Å². The van der Waals surface area contributed by atoms with E-state index in [1.54, 1.807) is 0 Å². The van der Waals surface area contributed by atoms with Gasteiger partial charge in [0, 0.05) is 24.4 Å². The lowest BCUT2D eigenvalue weighted by Gasteiger charge is -2.41. The molecule has 0 aromatic carbocycles. The topological polar surface area (TPSA) is 32.3 Å². The zero-order chi connectivity index (χ0) is 12.0. The maximum absolute atomic E-state index is 9.07. The van der Waals surface area contributed by atoms with Crippen LogP contribution in [0.5, 0.6) is 0 Å². The molecule has 0 bridgehead atoms. The van der Waals surface area contributed by atoms with Crippen molar-refractivity contribution in [3.05, 3.63) is 0 Å². The van der Waals surface area contributed by atoms with E-state index in [2.05, 4.69) is 25.4 Å². The highest BCUT2D eigenvalue weighted by atomic mass is 32.2. The molecule has 2 atom stereocenters. The van der Waals surface area contributed by atoms with Crippen LogP contribution in [-0.4, -0.2) is 35.8 Å². The highest BCUT2D eigenvalue weighted by Gasteiger charge is 2.33. The van der Waals surface area contributed by atoms with Crippen molar-refractivity contribution < 1.29 is 5.11 Å². The maximum atomic E-state index is 9.07. The molecule has 0 aromatic heterocycles. The summed E-state index contributed by atoms with van der Waals surface area (Å²) in [6.07, 6.45) is 8.37. The predicted molar refractivity (Wildman–Crippen MR) is 73.0 cm³/mol. The second-order valence-electron chi connectivity index (χ2n) is 5.62. The van der Waals surface area contributed by atoms with E-state index < -0.39 is 0 Å². The summed E-state index contributed by atoms with van der Waals surface area (Å²) in [6.45, 7) is 5.04. The van der Waals surface area contributed by atoms with Crippen molar-refractivity contribution in [3.8, 4) is 0 Å². The summed E-state index contributed by atoms with van der Waals surface area (Å²) in [5.74, 6) is 1.10. The lowest BCUT2D eigenvalue weighted by atomic mass is 9.73. The molecule has 1 saturated carbocycles. The van der Waals surface area contributed by atoms with Crippen LogP contribution in [0.15, 0.2) is 0 Å². The summed E-state index contributed by atoms with van der Waals surface area (Å²) in [4.78, 5) is 0. The summed E-state index contributed by atoms with van der Waals surface area (Å²) < 4.78 is 0. The molecule has 0 aromatic rings. The summed E-state index contributed by atoms with van der Waals surface area (Å²) in [6, 6.07) is 1.10. The molecule has 1 fully saturated rings. The molecule has 0 amide bonds. The highest BCUT2D eigenvalue weighted by molar-refractivity contribution is 7.98. The number of nitrogens with one attached hydrogen (secondary N) is 1. The Morgan fingerprint density at radius 3 is 2.75 bits per heavy atom. The number of hydrogen-bond donors (Lipinski definition) is 2. The number of aliphatic hydroxyl groups excluding tert-OH is 1. The summed E-state index contributed by atoms with van der Waals surface area (Å²) in [5.41, 5.74) is 0.421. The molecule has 3 heteroatoms. The van der Waals surface area contributed by atoms with Crippen molar-refractivity contribution in [2.24, 2.45) is 5.41 Å². The summed E-state index contributed by atoms with van der Waals surface area (Å²) >= 11 is 1.86. The van der Waals surface area contributed by atoms with Crippen LogP contribution < -0.4 is 5.32 Å². The normalized spacial score (nSPS) is 26.6. The van der Waals surface area contributed by atoms with Crippen molar-refractivity contribution in [3.63, 3.8) is 0 Å². The fraction of sp³-hybridized carbons (Fsp3) is 1.00. The van der Waals surface area contributed by atoms with Gasteiger partial charge in [-0.3, -0.25) is 0 Å². The van der Waals surface area contributed by atoms with Gasteiger partial charge in [0.15, 0.2) is 0 Å². The molecular formula is C13H27NOS. The molecule has 0 saturated heterocycles. The second kappa shape index (κ2) is 6.87. The van der Waals surface area contributed by atoms with Gasteiger partial charge in [0.1, 0.15) is 0 Å². The van der Waals surface area contributed by atoms with Crippen molar-refractivity contribution in [2.75, 3.05) is 18.6 Å². The lowest BCUT2D eigenvalue weighted by molar-refractivity contribution is 0.150. The molecule has 1 aliphatic carbocycles. The van der Waals surface area contributed by atoms with Crippen molar-refractivity contribution in [2.45, 2.75) is 58.0 Å². The number of rotatable bonds is 6. The van der Waals surface area contributed by atoms with Crippen molar-refractivity contribution >= 4 is 11.8 Å². The van der Waals surface area contributed by atoms with E-state index >= 15 is 0 Å². The van der Waals surface area contributed by atoms with Crippen LogP contribution >= 0.6 is 11.8 Å². The molecule has 1 rings (SSSR count).